The average molecular weight is 223 g/mol. The van der Waals surface area contributed by atoms with Gasteiger partial charge in [-0.15, -0.1) is 0 Å². The summed E-state index contributed by atoms with van der Waals surface area (Å²) in [6, 6.07) is 2.31. The predicted octanol–water partition coefficient (Wildman–Crippen LogP) is 1.41. The molecule has 4 nitrogen and oxygen atoms in total. The van der Waals surface area contributed by atoms with Gasteiger partial charge in [0, 0.05) is 25.0 Å². The zero-order valence-electron chi connectivity index (χ0n) is 10.1. The van der Waals surface area contributed by atoms with Crippen molar-refractivity contribution in [1.29, 1.82) is 0 Å². The summed E-state index contributed by atoms with van der Waals surface area (Å²) < 4.78 is 1.66. The number of rotatable bonds is 7. The highest BCUT2D eigenvalue weighted by Gasteiger charge is 2.01. The average Bonchev–Trinajstić information content (AvgIpc) is 2.29. The lowest BCUT2D eigenvalue weighted by Gasteiger charge is -2.13. The quantitative estimate of drug-likeness (QED) is 0.760. The predicted molar refractivity (Wildman–Crippen MR) is 65.5 cm³/mol. The Hall–Kier alpha value is -1.16. The summed E-state index contributed by atoms with van der Waals surface area (Å²) in [4.78, 5) is 15.0. The van der Waals surface area contributed by atoms with E-state index in [0.29, 0.717) is 6.04 Å². The van der Waals surface area contributed by atoms with Crippen LogP contribution in [0.3, 0.4) is 0 Å². The molecule has 0 amide bonds. The lowest BCUT2D eigenvalue weighted by atomic mass is 10.2. The van der Waals surface area contributed by atoms with E-state index in [-0.39, 0.29) is 5.69 Å². The van der Waals surface area contributed by atoms with Crippen molar-refractivity contribution in [2.45, 2.75) is 45.7 Å². The lowest BCUT2D eigenvalue weighted by molar-refractivity contribution is 0.470. The molecule has 0 bridgehead atoms. The Balaban J connectivity index is 2.25. The topological polar surface area (TPSA) is 46.9 Å². The van der Waals surface area contributed by atoms with Gasteiger partial charge in [-0.3, -0.25) is 4.57 Å². The van der Waals surface area contributed by atoms with Crippen LogP contribution in [-0.2, 0) is 6.54 Å². The standard InChI is InChI=1S/C12H21N3O/c1-3-7-13-11(2)6-4-9-15-10-5-8-14-12(15)16/h5,8,10-11,13H,3-4,6-7,9H2,1-2H3. The molecule has 0 aliphatic rings. The van der Waals surface area contributed by atoms with E-state index in [9.17, 15) is 4.79 Å². The Morgan fingerprint density at radius 1 is 1.56 bits per heavy atom. The molecule has 1 aromatic heterocycles. The normalized spacial score (nSPS) is 12.6. The molecule has 1 unspecified atom stereocenters. The van der Waals surface area contributed by atoms with Crippen molar-refractivity contribution < 1.29 is 0 Å². The Labute approximate surface area is 96.7 Å². The van der Waals surface area contributed by atoms with Crippen LogP contribution in [0.15, 0.2) is 23.3 Å². The van der Waals surface area contributed by atoms with Gasteiger partial charge in [0.05, 0.1) is 0 Å². The van der Waals surface area contributed by atoms with E-state index >= 15 is 0 Å². The minimum Gasteiger partial charge on any atom is -0.314 e. The van der Waals surface area contributed by atoms with Gasteiger partial charge >= 0.3 is 5.69 Å². The number of nitrogens with one attached hydrogen (secondary N) is 1. The summed E-state index contributed by atoms with van der Waals surface area (Å²) in [7, 11) is 0. The molecule has 1 aromatic rings. The van der Waals surface area contributed by atoms with Crippen molar-refractivity contribution in [3.8, 4) is 0 Å². The Bertz CT molecular complexity index is 348. The van der Waals surface area contributed by atoms with Crippen molar-refractivity contribution in [3.63, 3.8) is 0 Å². The number of hydrogen-bond acceptors (Lipinski definition) is 3. The van der Waals surface area contributed by atoms with Gasteiger partial charge in [0.2, 0.25) is 0 Å². The lowest BCUT2D eigenvalue weighted by Crippen LogP contribution is -2.28. The summed E-state index contributed by atoms with van der Waals surface area (Å²) >= 11 is 0. The van der Waals surface area contributed by atoms with Gasteiger partial charge in [-0.1, -0.05) is 6.92 Å². The van der Waals surface area contributed by atoms with Crippen LogP contribution < -0.4 is 11.0 Å². The molecule has 0 aromatic carbocycles. The number of aryl methyl sites for hydroxylation is 1. The third-order valence-electron chi connectivity index (χ3n) is 2.56. The fourth-order valence-corrected chi connectivity index (χ4v) is 1.62. The summed E-state index contributed by atoms with van der Waals surface area (Å²) in [5.74, 6) is 0. The molecule has 0 spiro atoms. The molecule has 90 valence electrons. The zero-order chi connectivity index (χ0) is 11.8. The first-order chi connectivity index (χ1) is 7.74. The van der Waals surface area contributed by atoms with Crippen LogP contribution in [0, 0.1) is 0 Å². The Kier molecular flexibility index (Phi) is 5.78. The molecular weight excluding hydrogens is 202 g/mol. The highest BCUT2D eigenvalue weighted by molar-refractivity contribution is 4.80. The summed E-state index contributed by atoms with van der Waals surface area (Å²) in [6.45, 7) is 6.16. The Morgan fingerprint density at radius 3 is 3.06 bits per heavy atom. The molecule has 0 saturated heterocycles. The molecule has 1 atom stereocenters. The molecule has 16 heavy (non-hydrogen) atoms. The molecule has 1 rings (SSSR count). The summed E-state index contributed by atoms with van der Waals surface area (Å²) in [5, 5.41) is 3.43. The van der Waals surface area contributed by atoms with Crippen molar-refractivity contribution in [2.24, 2.45) is 0 Å². The third-order valence-corrected chi connectivity index (χ3v) is 2.56. The second-order valence-electron chi connectivity index (χ2n) is 4.09. The van der Waals surface area contributed by atoms with Crippen LogP contribution in [0.4, 0.5) is 0 Å². The van der Waals surface area contributed by atoms with Crippen molar-refractivity contribution in [3.05, 3.63) is 28.9 Å². The Morgan fingerprint density at radius 2 is 2.38 bits per heavy atom. The maximum Gasteiger partial charge on any atom is 0.347 e. The molecule has 0 radical (unpaired) electrons. The summed E-state index contributed by atoms with van der Waals surface area (Å²) in [6.07, 6.45) is 6.57. The first-order valence-electron chi connectivity index (χ1n) is 5.99. The highest BCUT2D eigenvalue weighted by atomic mass is 16.1. The first kappa shape index (κ1) is 12.9. The van der Waals surface area contributed by atoms with E-state index in [1.807, 2.05) is 0 Å². The number of aromatic nitrogens is 2. The second-order valence-corrected chi connectivity index (χ2v) is 4.09. The van der Waals surface area contributed by atoms with E-state index in [1.54, 1.807) is 16.8 Å². The minimum atomic E-state index is -0.156. The third kappa shape index (κ3) is 4.57. The highest BCUT2D eigenvalue weighted by Crippen LogP contribution is 1.98. The van der Waals surface area contributed by atoms with Gasteiger partial charge in [0.15, 0.2) is 0 Å². The zero-order valence-corrected chi connectivity index (χ0v) is 10.1. The molecule has 1 N–H and O–H groups in total. The fraction of sp³-hybridized carbons (Fsp3) is 0.667. The smallest absolute Gasteiger partial charge is 0.314 e. The maximum atomic E-state index is 11.3. The van der Waals surface area contributed by atoms with E-state index in [1.165, 1.54) is 6.20 Å². The van der Waals surface area contributed by atoms with Crippen molar-refractivity contribution in [2.75, 3.05) is 6.54 Å². The molecule has 0 aliphatic heterocycles. The van der Waals surface area contributed by atoms with Crippen LogP contribution in [-0.4, -0.2) is 22.1 Å². The van der Waals surface area contributed by atoms with Crippen molar-refractivity contribution >= 4 is 0 Å². The van der Waals surface area contributed by atoms with E-state index in [4.69, 9.17) is 0 Å². The van der Waals surface area contributed by atoms with Gasteiger partial charge in [-0.05, 0) is 38.8 Å². The first-order valence-corrected chi connectivity index (χ1v) is 5.99. The monoisotopic (exact) mass is 223 g/mol. The second kappa shape index (κ2) is 7.17. The van der Waals surface area contributed by atoms with Gasteiger partial charge in [-0.25, -0.2) is 9.78 Å². The number of nitrogens with zero attached hydrogens (tertiary/aromatic N) is 2. The molecule has 0 fully saturated rings. The van der Waals surface area contributed by atoms with Gasteiger partial charge < -0.3 is 5.32 Å². The number of hydrogen-bond donors (Lipinski definition) is 1. The van der Waals surface area contributed by atoms with Gasteiger partial charge in [0.1, 0.15) is 0 Å². The minimum absolute atomic E-state index is 0.156. The van der Waals surface area contributed by atoms with Crippen LogP contribution >= 0.6 is 0 Å². The van der Waals surface area contributed by atoms with E-state index in [2.05, 4.69) is 24.1 Å². The van der Waals surface area contributed by atoms with E-state index < -0.39 is 0 Å². The molecule has 1 heterocycles. The summed E-state index contributed by atoms with van der Waals surface area (Å²) in [5.41, 5.74) is -0.156. The van der Waals surface area contributed by atoms with E-state index in [0.717, 1.165) is 32.4 Å². The van der Waals surface area contributed by atoms with Crippen LogP contribution in [0.2, 0.25) is 0 Å². The van der Waals surface area contributed by atoms with Crippen molar-refractivity contribution in [1.82, 2.24) is 14.9 Å². The SMILES string of the molecule is CCCNC(C)CCCn1cccnc1=O. The molecule has 0 aliphatic carbocycles. The van der Waals surface area contributed by atoms with Gasteiger partial charge in [-0.2, -0.15) is 0 Å². The largest absolute Gasteiger partial charge is 0.347 e. The molecule has 4 heteroatoms. The van der Waals surface area contributed by atoms with Gasteiger partial charge in [0.25, 0.3) is 0 Å². The van der Waals surface area contributed by atoms with Crippen LogP contribution in [0.25, 0.3) is 0 Å². The van der Waals surface area contributed by atoms with Crippen LogP contribution in [0.1, 0.15) is 33.1 Å². The fourth-order valence-electron chi connectivity index (χ4n) is 1.62. The maximum absolute atomic E-state index is 11.3. The molecule has 0 saturated carbocycles. The van der Waals surface area contributed by atoms with Crippen LogP contribution in [0.5, 0.6) is 0 Å². The molecular formula is C12H21N3O.